The largest absolute Gasteiger partial charge is 0.394 e. The minimum atomic E-state index is -0.890. The highest BCUT2D eigenvalue weighted by Crippen LogP contribution is 2.12. The third-order valence-corrected chi connectivity index (χ3v) is 2.34. The maximum Gasteiger partial charge on any atom is 0.245 e. The summed E-state index contributed by atoms with van der Waals surface area (Å²) in [6, 6.07) is -0.890. The molecule has 2 amide bonds. The highest BCUT2D eigenvalue weighted by Gasteiger charge is 2.26. The van der Waals surface area contributed by atoms with E-state index < -0.39 is 18.1 Å². The van der Waals surface area contributed by atoms with Crippen molar-refractivity contribution >= 4 is 11.8 Å². The number of aliphatic hydroxyl groups is 1. The number of nitrogens with zero attached hydrogens (tertiary/aromatic N) is 1. The first-order chi connectivity index (χ1) is 8.18. The second-order valence-electron chi connectivity index (χ2n) is 5.55. The third kappa shape index (κ3) is 6.56. The Kier molecular flexibility index (Phi) is 6.86. The van der Waals surface area contributed by atoms with Gasteiger partial charge in [0.1, 0.15) is 6.04 Å². The molecule has 0 aliphatic heterocycles. The molecule has 0 rings (SSSR count). The standard InChI is InChI=1S/C12H25N3O3/c1-12(2,3)11(18)14-9(8-16)10(17)13-6-7-15(4)5/h9,16H,6-8H2,1-5H3,(H,13,17)(H,14,18). The molecule has 0 aliphatic rings. The van der Waals surface area contributed by atoms with Gasteiger partial charge in [-0.15, -0.1) is 0 Å². The lowest BCUT2D eigenvalue weighted by atomic mass is 9.95. The summed E-state index contributed by atoms with van der Waals surface area (Å²) >= 11 is 0. The van der Waals surface area contributed by atoms with Crippen LogP contribution in [-0.2, 0) is 9.59 Å². The van der Waals surface area contributed by atoms with Crippen molar-refractivity contribution in [3.05, 3.63) is 0 Å². The van der Waals surface area contributed by atoms with Crippen LogP contribution >= 0.6 is 0 Å². The molecule has 6 nitrogen and oxygen atoms in total. The van der Waals surface area contributed by atoms with Crippen LogP contribution in [0.15, 0.2) is 0 Å². The molecular weight excluding hydrogens is 234 g/mol. The summed E-state index contributed by atoms with van der Waals surface area (Å²) in [5, 5.41) is 14.3. The van der Waals surface area contributed by atoms with E-state index >= 15 is 0 Å². The number of aliphatic hydroxyl groups excluding tert-OH is 1. The number of carbonyl (C=O) groups excluding carboxylic acids is 2. The fraction of sp³-hybridized carbons (Fsp3) is 0.833. The van der Waals surface area contributed by atoms with E-state index in [4.69, 9.17) is 5.11 Å². The lowest BCUT2D eigenvalue weighted by molar-refractivity contribution is -0.134. The van der Waals surface area contributed by atoms with Gasteiger partial charge >= 0.3 is 0 Å². The molecule has 106 valence electrons. The number of likely N-dealkylation sites (N-methyl/N-ethyl adjacent to an activating group) is 1. The molecular formula is C12H25N3O3. The number of nitrogens with one attached hydrogen (secondary N) is 2. The molecule has 1 unspecified atom stereocenters. The number of hydrogen-bond donors (Lipinski definition) is 3. The van der Waals surface area contributed by atoms with Crippen molar-refractivity contribution in [2.24, 2.45) is 5.41 Å². The van der Waals surface area contributed by atoms with Gasteiger partial charge in [0.15, 0.2) is 0 Å². The lowest BCUT2D eigenvalue weighted by Crippen LogP contribution is -2.52. The van der Waals surface area contributed by atoms with E-state index in [2.05, 4.69) is 10.6 Å². The molecule has 0 saturated heterocycles. The summed E-state index contributed by atoms with van der Waals surface area (Å²) in [4.78, 5) is 25.4. The minimum absolute atomic E-state index is 0.260. The number of hydrogen-bond acceptors (Lipinski definition) is 4. The molecule has 0 radical (unpaired) electrons. The van der Waals surface area contributed by atoms with E-state index in [-0.39, 0.29) is 11.8 Å². The fourth-order valence-corrected chi connectivity index (χ4v) is 1.09. The second-order valence-corrected chi connectivity index (χ2v) is 5.55. The van der Waals surface area contributed by atoms with Crippen molar-refractivity contribution in [1.82, 2.24) is 15.5 Å². The van der Waals surface area contributed by atoms with Gasteiger partial charge in [-0.05, 0) is 14.1 Å². The SMILES string of the molecule is CN(C)CCNC(=O)C(CO)NC(=O)C(C)(C)C. The molecule has 18 heavy (non-hydrogen) atoms. The molecule has 0 heterocycles. The van der Waals surface area contributed by atoms with Gasteiger partial charge in [-0.3, -0.25) is 9.59 Å². The topological polar surface area (TPSA) is 81.7 Å². The summed E-state index contributed by atoms with van der Waals surface area (Å²) in [6.45, 7) is 6.03. The third-order valence-electron chi connectivity index (χ3n) is 2.34. The van der Waals surface area contributed by atoms with Crippen LogP contribution in [0, 0.1) is 5.41 Å². The molecule has 0 aromatic rings. The van der Waals surface area contributed by atoms with E-state index in [1.54, 1.807) is 20.8 Å². The van der Waals surface area contributed by atoms with Gasteiger partial charge in [-0.1, -0.05) is 20.8 Å². The molecule has 0 aromatic heterocycles. The van der Waals surface area contributed by atoms with E-state index in [0.717, 1.165) is 0 Å². The maximum absolute atomic E-state index is 11.7. The molecule has 0 aliphatic carbocycles. The molecule has 0 spiro atoms. The average molecular weight is 259 g/mol. The Morgan fingerprint density at radius 2 is 1.83 bits per heavy atom. The van der Waals surface area contributed by atoms with Gasteiger partial charge in [-0.25, -0.2) is 0 Å². The molecule has 3 N–H and O–H groups in total. The molecule has 0 bridgehead atoms. The summed E-state index contributed by atoms with van der Waals surface area (Å²) in [5.41, 5.74) is -0.586. The van der Waals surface area contributed by atoms with E-state index in [1.165, 1.54) is 0 Å². The Morgan fingerprint density at radius 3 is 2.22 bits per heavy atom. The molecule has 0 fully saturated rings. The van der Waals surface area contributed by atoms with Crippen molar-refractivity contribution < 1.29 is 14.7 Å². The van der Waals surface area contributed by atoms with Crippen LogP contribution in [0.2, 0.25) is 0 Å². The van der Waals surface area contributed by atoms with Gasteiger partial charge in [-0.2, -0.15) is 0 Å². The Hall–Kier alpha value is -1.14. The normalized spacial score (nSPS) is 13.3. The van der Waals surface area contributed by atoms with Crippen LogP contribution < -0.4 is 10.6 Å². The zero-order valence-corrected chi connectivity index (χ0v) is 11.9. The van der Waals surface area contributed by atoms with Gasteiger partial charge in [0, 0.05) is 18.5 Å². The van der Waals surface area contributed by atoms with Crippen molar-refractivity contribution in [3.63, 3.8) is 0 Å². The first-order valence-electron chi connectivity index (χ1n) is 6.02. The number of amides is 2. The average Bonchev–Trinajstić information content (AvgIpc) is 2.23. The number of carbonyl (C=O) groups is 2. The highest BCUT2D eigenvalue weighted by molar-refractivity contribution is 5.89. The molecule has 0 aromatic carbocycles. The van der Waals surface area contributed by atoms with Gasteiger partial charge in [0.25, 0.3) is 0 Å². The van der Waals surface area contributed by atoms with Crippen LogP contribution in [0.5, 0.6) is 0 Å². The van der Waals surface area contributed by atoms with E-state index in [0.29, 0.717) is 13.1 Å². The summed E-state index contributed by atoms with van der Waals surface area (Å²) < 4.78 is 0. The fourth-order valence-electron chi connectivity index (χ4n) is 1.09. The first-order valence-corrected chi connectivity index (χ1v) is 6.02. The smallest absolute Gasteiger partial charge is 0.245 e. The van der Waals surface area contributed by atoms with E-state index in [9.17, 15) is 9.59 Å². The van der Waals surface area contributed by atoms with Crippen molar-refractivity contribution in [2.45, 2.75) is 26.8 Å². The molecule has 6 heteroatoms. The predicted octanol–water partition coefficient (Wildman–Crippen LogP) is -0.813. The monoisotopic (exact) mass is 259 g/mol. The predicted molar refractivity (Wildman–Crippen MR) is 70.0 cm³/mol. The summed E-state index contributed by atoms with van der Waals surface area (Å²) in [7, 11) is 3.80. The Labute approximate surface area is 109 Å². The Balaban J connectivity index is 4.24. The van der Waals surface area contributed by atoms with Gasteiger partial charge in [0.05, 0.1) is 6.61 Å². The quantitative estimate of drug-likeness (QED) is 0.582. The summed E-state index contributed by atoms with van der Waals surface area (Å²) in [6.07, 6.45) is 0. The van der Waals surface area contributed by atoms with Crippen LogP contribution in [0.4, 0.5) is 0 Å². The van der Waals surface area contributed by atoms with Crippen molar-refractivity contribution in [3.8, 4) is 0 Å². The molecule has 1 atom stereocenters. The summed E-state index contributed by atoms with van der Waals surface area (Å²) in [5.74, 6) is -0.624. The first kappa shape index (κ1) is 16.9. The second kappa shape index (κ2) is 7.33. The Bertz CT molecular complexity index is 285. The van der Waals surface area contributed by atoms with Crippen LogP contribution in [-0.4, -0.2) is 61.7 Å². The van der Waals surface area contributed by atoms with Crippen molar-refractivity contribution in [1.29, 1.82) is 0 Å². The lowest BCUT2D eigenvalue weighted by Gasteiger charge is -2.22. The number of rotatable bonds is 6. The van der Waals surface area contributed by atoms with Gasteiger partial charge < -0.3 is 20.6 Å². The van der Waals surface area contributed by atoms with Crippen LogP contribution in [0.1, 0.15) is 20.8 Å². The maximum atomic E-state index is 11.7. The van der Waals surface area contributed by atoms with E-state index in [1.807, 2.05) is 19.0 Å². The van der Waals surface area contributed by atoms with Gasteiger partial charge in [0.2, 0.25) is 11.8 Å². The molecule has 0 saturated carbocycles. The Morgan fingerprint density at radius 1 is 1.28 bits per heavy atom. The van der Waals surface area contributed by atoms with Crippen LogP contribution in [0.3, 0.4) is 0 Å². The zero-order chi connectivity index (χ0) is 14.3. The zero-order valence-electron chi connectivity index (χ0n) is 11.9. The minimum Gasteiger partial charge on any atom is -0.394 e. The van der Waals surface area contributed by atoms with Crippen molar-refractivity contribution in [2.75, 3.05) is 33.8 Å². The highest BCUT2D eigenvalue weighted by atomic mass is 16.3. The van der Waals surface area contributed by atoms with Crippen LogP contribution in [0.25, 0.3) is 0 Å².